The van der Waals surface area contributed by atoms with Crippen LogP contribution in [0.1, 0.15) is 12.8 Å². The van der Waals surface area contributed by atoms with Gasteiger partial charge in [-0.2, -0.15) is 0 Å². The number of esters is 1. The fraction of sp³-hybridized carbons (Fsp3) is 0.235. The van der Waals surface area contributed by atoms with Gasteiger partial charge in [-0.05, 0) is 18.6 Å². The standard InChI is InChI=1S/C17H17NO2/c1-20-17(19)11-6-12-18-15-9-4-2-7-13(15)14-8-3-5-10-16(14)18/h2-5,7-10H,6,11-12H2,1H3. The normalized spacial score (nSPS) is 11.1. The van der Waals surface area contributed by atoms with E-state index in [1.165, 1.54) is 28.9 Å². The maximum Gasteiger partial charge on any atom is 0.305 e. The van der Waals surface area contributed by atoms with Crippen LogP contribution in [0.25, 0.3) is 21.8 Å². The maximum atomic E-state index is 11.2. The molecule has 0 radical (unpaired) electrons. The predicted octanol–water partition coefficient (Wildman–Crippen LogP) is 3.75. The summed E-state index contributed by atoms with van der Waals surface area (Å²) in [4.78, 5) is 11.2. The molecule has 2 aromatic carbocycles. The Labute approximate surface area is 117 Å². The van der Waals surface area contributed by atoms with Crippen LogP contribution in [-0.4, -0.2) is 17.6 Å². The second-order valence-corrected chi connectivity index (χ2v) is 4.87. The Morgan fingerprint density at radius 2 is 1.55 bits per heavy atom. The quantitative estimate of drug-likeness (QED) is 0.674. The number of carbonyl (C=O) groups is 1. The lowest BCUT2D eigenvalue weighted by Gasteiger charge is -2.06. The van der Waals surface area contributed by atoms with E-state index < -0.39 is 0 Å². The van der Waals surface area contributed by atoms with Crippen molar-refractivity contribution < 1.29 is 9.53 Å². The van der Waals surface area contributed by atoms with Crippen molar-refractivity contribution in [3.63, 3.8) is 0 Å². The van der Waals surface area contributed by atoms with Crippen LogP contribution in [0.3, 0.4) is 0 Å². The predicted molar refractivity (Wildman–Crippen MR) is 80.7 cm³/mol. The van der Waals surface area contributed by atoms with E-state index in [1.54, 1.807) is 0 Å². The van der Waals surface area contributed by atoms with E-state index in [9.17, 15) is 4.79 Å². The summed E-state index contributed by atoms with van der Waals surface area (Å²) in [5.74, 6) is -0.147. The molecule has 0 aliphatic rings. The monoisotopic (exact) mass is 267 g/mol. The van der Waals surface area contributed by atoms with Gasteiger partial charge in [-0.1, -0.05) is 36.4 Å². The fourth-order valence-corrected chi connectivity index (χ4v) is 2.73. The molecule has 3 aromatic rings. The summed E-state index contributed by atoms with van der Waals surface area (Å²) in [7, 11) is 1.43. The average Bonchev–Trinajstić information content (AvgIpc) is 2.82. The van der Waals surface area contributed by atoms with E-state index in [0.717, 1.165) is 13.0 Å². The molecule has 1 aromatic heterocycles. The molecule has 0 N–H and O–H groups in total. The van der Waals surface area contributed by atoms with Crippen LogP contribution in [0.4, 0.5) is 0 Å². The van der Waals surface area contributed by atoms with E-state index in [1.807, 2.05) is 0 Å². The van der Waals surface area contributed by atoms with Gasteiger partial charge < -0.3 is 9.30 Å². The molecule has 0 aliphatic heterocycles. The highest BCUT2D eigenvalue weighted by Gasteiger charge is 2.09. The van der Waals surface area contributed by atoms with Gasteiger partial charge in [0.05, 0.1) is 7.11 Å². The molecule has 0 atom stereocenters. The van der Waals surface area contributed by atoms with E-state index in [2.05, 4.69) is 53.1 Å². The first-order chi connectivity index (χ1) is 9.81. The molecule has 3 rings (SSSR count). The lowest BCUT2D eigenvalue weighted by molar-refractivity contribution is -0.140. The third-order valence-corrected chi connectivity index (χ3v) is 3.67. The van der Waals surface area contributed by atoms with Gasteiger partial charge in [-0.25, -0.2) is 0 Å². The van der Waals surface area contributed by atoms with Gasteiger partial charge >= 0.3 is 5.97 Å². The van der Waals surface area contributed by atoms with Crippen molar-refractivity contribution in [1.82, 2.24) is 4.57 Å². The highest BCUT2D eigenvalue weighted by molar-refractivity contribution is 6.07. The number of rotatable bonds is 4. The average molecular weight is 267 g/mol. The van der Waals surface area contributed by atoms with Crippen molar-refractivity contribution in [3.8, 4) is 0 Å². The van der Waals surface area contributed by atoms with Crippen molar-refractivity contribution in [1.29, 1.82) is 0 Å². The molecule has 3 heteroatoms. The topological polar surface area (TPSA) is 31.2 Å². The molecule has 1 heterocycles. The van der Waals surface area contributed by atoms with E-state index in [4.69, 9.17) is 4.74 Å². The minimum Gasteiger partial charge on any atom is -0.469 e. The summed E-state index contributed by atoms with van der Waals surface area (Å²) in [6.07, 6.45) is 1.24. The number of hydrogen-bond donors (Lipinski definition) is 0. The second kappa shape index (κ2) is 5.37. The largest absolute Gasteiger partial charge is 0.469 e. The lowest BCUT2D eigenvalue weighted by atomic mass is 10.2. The van der Waals surface area contributed by atoms with Gasteiger partial charge in [0.2, 0.25) is 0 Å². The molecule has 0 unspecified atom stereocenters. The minimum atomic E-state index is -0.147. The highest BCUT2D eigenvalue weighted by Crippen LogP contribution is 2.28. The summed E-state index contributed by atoms with van der Waals surface area (Å²) < 4.78 is 6.98. The molecule has 0 fully saturated rings. The van der Waals surface area contributed by atoms with Crippen LogP contribution in [0.2, 0.25) is 0 Å². The number of hydrogen-bond acceptors (Lipinski definition) is 2. The van der Waals surface area contributed by atoms with Gasteiger partial charge in [-0.3, -0.25) is 4.79 Å². The third kappa shape index (κ3) is 2.16. The van der Waals surface area contributed by atoms with Gasteiger partial charge in [0.15, 0.2) is 0 Å². The molecule has 0 bridgehead atoms. The van der Waals surface area contributed by atoms with Crippen LogP contribution < -0.4 is 0 Å². The zero-order chi connectivity index (χ0) is 13.9. The Morgan fingerprint density at radius 3 is 2.10 bits per heavy atom. The number of methoxy groups -OCH3 is 1. The molecule has 0 spiro atoms. The SMILES string of the molecule is COC(=O)CCCn1c2ccccc2c2ccccc21. The summed E-state index contributed by atoms with van der Waals surface area (Å²) in [5, 5.41) is 2.53. The van der Waals surface area contributed by atoms with E-state index in [-0.39, 0.29) is 5.97 Å². The Morgan fingerprint density at radius 1 is 1.00 bits per heavy atom. The number of fused-ring (bicyclic) bond motifs is 3. The highest BCUT2D eigenvalue weighted by atomic mass is 16.5. The van der Waals surface area contributed by atoms with Gasteiger partial charge in [0.1, 0.15) is 0 Å². The zero-order valence-electron chi connectivity index (χ0n) is 11.5. The van der Waals surface area contributed by atoms with Crippen molar-refractivity contribution in [2.75, 3.05) is 7.11 Å². The summed E-state index contributed by atoms with van der Waals surface area (Å²) in [5.41, 5.74) is 2.44. The van der Waals surface area contributed by atoms with Crippen LogP contribution >= 0.6 is 0 Å². The van der Waals surface area contributed by atoms with Crippen LogP contribution in [0.5, 0.6) is 0 Å². The van der Waals surface area contributed by atoms with Gasteiger partial charge in [0.25, 0.3) is 0 Å². The Hall–Kier alpha value is -2.29. The molecular formula is C17H17NO2. The number of nitrogens with zero attached hydrogens (tertiary/aromatic N) is 1. The maximum absolute atomic E-state index is 11.2. The third-order valence-electron chi connectivity index (χ3n) is 3.67. The number of para-hydroxylation sites is 2. The number of aromatic nitrogens is 1. The summed E-state index contributed by atoms with van der Waals surface area (Å²) in [6.45, 7) is 0.823. The first-order valence-electron chi connectivity index (χ1n) is 6.84. The van der Waals surface area contributed by atoms with Gasteiger partial charge in [-0.15, -0.1) is 0 Å². The molecule has 0 saturated heterocycles. The molecule has 3 nitrogen and oxygen atoms in total. The fourth-order valence-electron chi connectivity index (χ4n) is 2.73. The first-order valence-corrected chi connectivity index (χ1v) is 6.84. The molecule has 20 heavy (non-hydrogen) atoms. The van der Waals surface area contributed by atoms with Crippen molar-refractivity contribution >= 4 is 27.8 Å². The van der Waals surface area contributed by atoms with Crippen LogP contribution in [0, 0.1) is 0 Å². The lowest BCUT2D eigenvalue weighted by Crippen LogP contribution is -2.04. The second-order valence-electron chi connectivity index (χ2n) is 4.87. The molecular weight excluding hydrogens is 250 g/mol. The van der Waals surface area contributed by atoms with Crippen LogP contribution in [-0.2, 0) is 16.1 Å². The van der Waals surface area contributed by atoms with Gasteiger partial charge in [0, 0.05) is 34.8 Å². The molecule has 0 saturated carbocycles. The molecule has 0 aliphatic carbocycles. The van der Waals surface area contributed by atoms with E-state index >= 15 is 0 Å². The Bertz CT molecular complexity index is 705. The Balaban J connectivity index is 2.01. The summed E-state index contributed by atoms with van der Waals surface area (Å²) in [6, 6.07) is 16.8. The molecule has 102 valence electrons. The van der Waals surface area contributed by atoms with Crippen molar-refractivity contribution in [2.45, 2.75) is 19.4 Å². The van der Waals surface area contributed by atoms with Crippen LogP contribution in [0.15, 0.2) is 48.5 Å². The minimum absolute atomic E-state index is 0.147. The van der Waals surface area contributed by atoms with Crippen molar-refractivity contribution in [2.24, 2.45) is 0 Å². The smallest absolute Gasteiger partial charge is 0.305 e. The number of benzene rings is 2. The first kappa shape index (κ1) is 12.7. The van der Waals surface area contributed by atoms with E-state index in [0.29, 0.717) is 6.42 Å². The zero-order valence-corrected chi connectivity index (χ0v) is 11.5. The number of carbonyl (C=O) groups excluding carboxylic acids is 1. The van der Waals surface area contributed by atoms with Crippen molar-refractivity contribution in [3.05, 3.63) is 48.5 Å². The Kier molecular flexibility index (Phi) is 3.42. The molecule has 0 amide bonds. The number of aryl methyl sites for hydroxylation is 1. The summed E-state index contributed by atoms with van der Waals surface area (Å²) >= 11 is 0. The number of ether oxygens (including phenoxy) is 1.